The number of rotatable bonds is 4. The van der Waals surface area contributed by atoms with Crippen molar-refractivity contribution in [1.82, 2.24) is 20.1 Å². The highest BCUT2D eigenvalue weighted by Gasteiger charge is 2.23. The Balaban J connectivity index is 1.78. The normalized spacial score (nSPS) is 16.4. The standard InChI is InChI=1S/C23H36N4O/c1-15-19(13-14-20(28)25-18-11-9-7-8-10-12-18)16(2)24-22-21(15)17(3)26-27(22)23(4,5)6/h18H,7-14H2,1-6H3,(H,25,28). The van der Waals surface area contributed by atoms with Gasteiger partial charge in [-0.3, -0.25) is 4.79 Å². The Hall–Kier alpha value is -1.91. The van der Waals surface area contributed by atoms with E-state index in [-0.39, 0.29) is 11.4 Å². The zero-order valence-electron chi connectivity index (χ0n) is 18.5. The second-order valence-electron chi connectivity index (χ2n) is 9.42. The van der Waals surface area contributed by atoms with Gasteiger partial charge in [-0.2, -0.15) is 5.10 Å². The van der Waals surface area contributed by atoms with E-state index in [1.165, 1.54) is 36.8 Å². The summed E-state index contributed by atoms with van der Waals surface area (Å²) in [5.41, 5.74) is 5.28. The van der Waals surface area contributed by atoms with Crippen LogP contribution in [0.4, 0.5) is 0 Å². The first-order valence-electron chi connectivity index (χ1n) is 10.8. The monoisotopic (exact) mass is 384 g/mol. The van der Waals surface area contributed by atoms with Crippen molar-refractivity contribution in [2.24, 2.45) is 0 Å². The molecular weight excluding hydrogens is 348 g/mol. The minimum atomic E-state index is -0.113. The number of carbonyl (C=O) groups excluding carboxylic acids is 1. The largest absolute Gasteiger partial charge is 0.353 e. The van der Waals surface area contributed by atoms with E-state index >= 15 is 0 Å². The highest BCUT2D eigenvalue weighted by molar-refractivity contribution is 5.84. The Labute approximate surface area is 169 Å². The molecule has 2 aromatic rings. The van der Waals surface area contributed by atoms with Gasteiger partial charge in [-0.1, -0.05) is 25.7 Å². The van der Waals surface area contributed by atoms with Crippen LogP contribution in [-0.4, -0.2) is 26.7 Å². The highest BCUT2D eigenvalue weighted by Crippen LogP contribution is 2.29. The van der Waals surface area contributed by atoms with E-state index in [0.29, 0.717) is 12.5 Å². The molecule has 5 heteroatoms. The maximum absolute atomic E-state index is 12.5. The first kappa shape index (κ1) is 20.8. The summed E-state index contributed by atoms with van der Waals surface area (Å²) in [4.78, 5) is 17.4. The predicted molar refractivity (Wildman–Crippen MR) is 115 cm³/mol. The number of aromatic nitrogens is 3. The molecule has 1 amide bonds. The minimum absolute atomic E-state index is 0.113. The number of nitrogens with one attached hydrogen (secondary N) is 1. The predicted octanol–water partition coefficient (Wildman–Crippen LogP) is 4.88. The highest BCUT2D eigenvalue weighted by atomic mass is 16.1. The van der Waals surface area contributed by atoms with Crippen molar-refractivity contribution in [3.63, 3.8) is 0 Å². The summed E-state index contributed by atoms with van der Waals surface area (Å²) in [7, 11) is 0. The molecule has 1 saturated carbocycles. The number of hydrogen-bond donors (Lipinski definition) is 1. The molecule has 1 aliphatic rings. The average Bonchev–Trinajstić information content (AvgIpc) is 2.77. The topological polar surface area (TPSA) is 59.8 Å². The van der Waals surface area contributed by atoms with Gasteiger partial charge in [0.25, 0.3) is 0 Å². The van der Waals surface area contributed by atoms with Crippen LogP contribution in [0.25, 0.3) is 11.0 Å². The maximum atomic E-state index is 12.5. The van der Waals surface area contributed by atoms with Crippen LogP contribution in [0.15, 0.2) is 0 Å². The van der Waals surface area contributed by atoms with E-state index in [4.69, 9.17) is 10.1 Å². The van der Waals surface area contributed by atoms with Gasteiger partial charge in [0.05, 0.1) is 11.2 Å². The van der Waals surface area contributed by atoms with Gasteiger partial charge in [-0.05, 0) is 71.9 Å². The van der Waals surface area contributed by atoms with Crippen molar-refractivity contribution in [3.05, 3.63) is 22.5 Å². The summed E-state index contributed by atoms with van der Waals surface area (Å²) >= 11 is 0. The van der Waals surface area contributed by atoms with Crippen molar-refractivity contribution in [2.45, 2.75) is 104 Å². The third kappa shape index (κ3) is 4.39. The van der Waals surface area contributed by atoms with Gasteiger partial charge in [-0.15, -0.1) is 0 Å². The average molecular weight is 385 g/mol. The molecule has 5 nitrogen and oxygen atoms in total. The molecule has 3 rings (SSSR count). The lowest BCUT2D eigenvalue weighted by Gasteiger charge is -2.20. The third-order valence-electron chi connectivity index (χ3n) is 6.03. The molecule has 0 saturated heterocycles. The van der Waals surface area contributed by atoms with E-state index in [1.807, 2.05) is 4.68 Å². The summed E-state index contributed by atoms with van der Waals surface area (Å²) < 4.78 is 2.03. The lowest BCUT2D eigenvalue weighted by atomic mass is 9.98. The van der Waals surface area contributed by atoms with Crippen LogP contribution in [0.2, 0.25) is 0 Å². The molecule has 0 aromatic carbocycles. The number of hydrogen-bond acceptors (Lipinski definition) is 3. The molecule has 0 spiro atoms. The Morgan fingerprint density at radius 2 is 1.71 bits per heavy atom. The van der Waals surface area contributed by atoms with E-state index in [1.54, 1.807) is 0 Å². The van der Waals surface area contributed by atoms with Gasteiger partial charge in [-0.25, -0.2) is 9.67 Å². The van der Waals surface area contributed by atoms with Crippen LogP contribution in [0.1, 0.15) is 88.2 Å². The summed E-state index contributed by atoms with van der Waals surface area (Å²) in [5, 5.41) is 9.16. The second kappa shape index (κ2) is 8.22. The van der Waals surface area contributed by atoms with Crippen LogP contribution in [0.3, 0.4) is 0 Å². The Bertz CT molecular complexity index is 852. The molecule has 2 aromatic heterocycles. The zero-order valence-corrected chi connectivity index (χ0v) is 18.5. The molecule has 0 atom stereocenters. The quantitative estimate of drug-likeness (QED) is 0.764. The summed E-state index contributed by atoms with van der Waals surface area (Å²) in [6.45, 7) is 12.7. The van der Waals surface area contributed by atoms with E-state index < -0.39 is 0 Å². The zero-order chi connectivity index (χ0) is 20.5. The fourth-order valence-electron chi connectivity index (χ4n) is 4.50. The summed E-state index contributed by atoms with van der Waals surface area (Å²) in [6, 6.07) is 0.366. The Morgan fingerprint density at radius 1 is 1.07 bits per heavy atom. The van der Waals surface area contributed by atoms with Crippen LogP contribution >= 0.6 is 0 Å². The molecule has 1 aliphatic carbocycles. The molecule has 0 bridgehead atoms. The molecule has 1 fully saturated rings. The van der Waals surface area contributed by atoms with Gasteiger partial charge in [0.1, 0.15) is 0 Å². The SMILES string of the molecule is Cc1nc2c(c(C)nn2C(C)(C)C)c(C)c1CCC(=O)NC1CCCCCC1. The van der Waals surface area contributed by atoms with Crippen molar-refractivity contribution in [3.8, 4) is 0 Å². The number of fused-ring (bicyclic) bond motifs is 1. The second-order valence-corrected chi connectivity index (χ2v) is 9.42. The van der Waals surface area contributed by atoms with Crippen LogP contribution in [0, 0.1) is 20.8 Å². The first-order chi connectivity index (χ1) is 13.2. The van der Waals surface area contributed by atoms with Crippen molar-refractivity contribution < 1.29 is 4.79 Å². The number of aryl methyl sites for hydroxylation is 3. The van der Waals surface area contributed by atoms with Gasteiger partial charge in [0.2, 0.25) is 5.91 Å². The summed E-state index contributed by atoms with van der Waals surface area (Å²) in [6.07, 6.45) is 8.60. The lowest BCUT2D eigenvalue weighted by molar-refractivity contribution is -0.121. The minimum Gasteiger partial charge on any atom is -0.353 e. The molecule has 0 radical (unpaired) electrons. The van der Waals surface area contributed by atoms with Crippen molar-refractivity contribution in [1.29, 1.82) is 0 Å². The fourth-order valence-corrected chi connectivity index (χ4v) is 4.50. The number of amides is 1. The molecule has 1 N–H and O–H groups in total. The van der Waals surface area contributed by atoms with Crippen LogP contribution in [0.5, 0.6) is 0 Å². The van der Waals surface area contributed by atoms with E-state index in [2.05, 4.69) is 46.9 Å². The van der Waals surface area contributed by atoms with E-state index in [9.17, 15) is 4.79 Å². The maximum Gasteiger partial charge on any atom is 0.220 e. The van der Waals surface area contributed by atoms with Gasteiger partial charge in [0.15, 0.2) is 5.65 Å². The summed E-state index contributed by atoms with van der Waals surface area (Å²) in [5.74, 6) is 0.174. The number of carbonyl (C=O) groups is 1. The molecule has 154 valence electrons. The fraction of sp³-hybridized carbons (Fsp3) is 0.696. The number of pyridine rings is 1. The Morgan fingerprint density at radius 3 is 2.32 bits per heavy atom. The molecule has 28 heavy (non-hydrogen) atoms. The molecule has 2 heterocycles. The lowest BCUT2D eigenvalue weighted by Crippen LogP contribution is -2.34. The third-order valence-corrected chi connectivity index (χ3v) is 6.03. The smallest absolute Gasteiger partial charge is 0.220 e. The first-order valence-corrected chi connectivity index (χ1v) is 10.8. The van der Waals surface area contributed by atoms with Crippen molar-refractivity contribution >= 4 is 16.9 Å². The van der Waals surface area contributed by atoms with Gasteiger partial charge < -0.3 is 5.32 Å². The van der Waals surface area contributed by atoms with E-state index in [0.717, 1.165) is 41.7 Å². The Kier molecular flexibility index (Phi) is 6.11. The van der Waals surface area contributed by atoms with Gasteiger partial charge >= 0.3 is 0 Å². The molecule has 0 unspecified atom stereocenters. The van der Waals surface area contributed by atoms with Crippen molar-refractivity contribution in [2.75, 3.05) is 0 Å². The number of nitrogens with zero attached hydrogens (tertiary/aromatic N) is 3. The molecular formula is C23H36N4O. The van der Waals surface area contributed by atoms with Crippen LogP contribution in [-0.2, 0) is 16.8 Å². The van der Waals surface area contributed by atoms with Crippen LogP contribution < -0.4 is 5.32 Å². The van der Waals surface area contributed by atoms with Gasteiger partial charge in [0, 0.05) is 23.5 Å². The molecule has 0 aliphatic heterocycles.